The lowest BCUT2D eigenvalue weighted by Crippen LogP contribution is -2.58. The number of ketones is 1. The molecule has 0 radical (unpaired) electrons. The van der Waals surface area contributed by atoms with Crippen LogP contribution in [0.15, 0.2) is 42.5 Å². The first-order valence-corrected chi connectivity index (χ1v) is 13.1. The molecule has 0 aromatic heterocycles. The first kappa shape index (κ1) is 26.0. The summed E-state index contributed by atoms with van der Waals surface area (Å²) in [5, 5.41) is 3.84. The maximum absolute atomic E-state index is 13.5. The van der Waals surface area contributed by atoms with Gasteiger partial charge in [-0.25, -0.2) is 0 Å². The summed E-state index contributed by atoms with van der Waals surface area (Å²) in [7, 11) is -4.69. The van der Waals surface area contributed by atoms with Crippen LogP contribution in [0.25, 0.3) is 0 Å². The number of ether oxygens (including phenoxy) is 1. The Morgan fingerprint density at radius 1 is 1.21 bits per heavy atom. The normalized spacial score (nSPS) is 20.6. The third kappa shape index (κ3) is 4.93. The summed E-state index contributed by atoms with van der Waals surface area (Å²) in [6.07, 6.45) is -0.0372. The zero-order chi connectivity index (χ0) is 24.4. The van der Waals surface area contributed by atoms with E-state index in [1.165, 1.54) is 0 Å². The molecule has 9 heteroatoms. The van der Waals surface area contributed by atoms with Crippen LogP contribution in [-0.4, -0.2) is 42.7 Å². The summed E-state index contributed by atoms with van der Waals surface area (Å²) in [5.74, 6) is 0.126. The quantitative estimate of drug-likeness (QED) is 0.348. The summed E-state index contributed by atoms with van der Waals surface area (Å²) < 4.78 is 40.7. The molecular weight excluding hydrogens is 485 g/mol. The fraction of sp³-hybridized carbons (Fsp3) is 0.458. The van der Waals surface area contributed by atoms with E-state index in [9.17, 15) is 17.8 Å². The Labute approximate surface area is 205 Å². The smallest absolute Gasteiger partial charge is 0.272 e. The zero-order valence-electron chi connectivity index (χ0n) is 18.9. The van der Waals surface area contributed by atoms with Crippen LogP contribution in [0.1, 0.15) is 56.0 Å². The number of nitrogens with one attached hydrogen (secondary N) is 1. The van der Waals surface area contributed by atoms with E-state index in [1.807, 2.05) is 13.8 Å². The van der Waals surface area contributed by atoms with Crippen LogP contribution in [0.2, 0.25) is 10.0 Å². The molecule has 2 N–H and O–H groups in total. The molecule has 2 aromatic rings. The molecule has 2 aromatic carbocycles. The summed E-state index contributed by atoms with van der Waals surface area (Å²) in [6, 6.07) is 11.6. The highest BCUT2D eigenvalue weighted by molar-refractivity contribution is 7.87. The minimum Gasteiger partial charge on any atom is -0.491 e. The van der Waals surface area contributed by atoms with Gasteiger partial charge in [-0.3, -0.25) is 9.35 Å². The first-order valence-electron chi connectivity index (χ1n) is 10.9. The highest BCUT2D eigenvalue weighted by Gasteiger charge is 2.61. The molecule has 0 saturated carbocycles. The Hall–Kier alpha value is -1.64. The molecule has 1 saturated heterocycles. The summed E-state index contributed by atoms with van der Waals surface area (Å²) in [4.78, 5) is 13.5. The second-order valence-corrected chi connectivity index (χ2v) is 11.3. The molecule has 0 aliphatic carbocycles. The van der Waals surface area contributed by atoms with Crippen molar-refractivity contribution in [2.24, 2.45) is 0 Å². The summed E-state index contributed by atoms with van der Waals surface area (Å²) in [6.45, 7) is 6.23. The molecule has 2 unspecified atom stereocenters. The van der Waals surface area contributed by atoms with Crippen molar-refractivity contribution < 1.29 is 22.5 Å². The van der Waals surface area contributed by atoms with Gasteiger partial charge in [0.1, 0.15) is 10.5 Å². The predicted octanol–water partition coefficient (Wildman–Crippen LogP) is 5.32. The molecule has 2 atom stereocenters. The maximum Gasteiger partial charge on any atom is 0.272 e. The highest BCUT2D eigenvalue weighted by atomic mass is 35.5. The number of benzene rings is 2. The van der Waals surface area contributed by atoms with Crippen molar-refractivity contribution in [2.75, 3.05) is 13.1 Å². The third-order valence-corrected chi connectivity index (χ3v) is 9.09. The van der Waals surface area contributed by atoms with E-state index in [4.69, 9.17) is 27.9 Å². The summed E-state index contributed by atoms with van der Waals surface area (Å²) in [5.41, 5.74) is -0.137. The van der Waals surface area contributed by atoms with Crippen LogP contribution >= 0.6 is 23.2 Å². The molecule has 6 nitrogen and oxygen atoms in total. The van der Waals surface area contributed by atoms with Gasteiger partial charge in [0.2, 0.25) is 0 Å². The molecule has 1 heterocycles. The Balaban J connectivity index is 2.13. The topological polar surface area (TPSA) is 92.7 Å². The van der Waals surface area contributed by atoms with E-state index >= 15 is 0 Å². The van der Waals surface area contributed by atoms with Crippen molar-refractivity contribution in [3.05, 3.63) is 63.6 Å². The standard InChI is InChI=1S/C24H29Cl2NO5S/c1-4-24(33(29,30)31,14-22(28)17-6-5-7-19(12-17)32-16(2)3)23(10-11-27-15-23)18-8-9-20(25)21(26)13-18/h5-9,12-13,16,27H,4,10-11,14-15H2,1-3H3,(H,29,30,31). The Morgan fingerprint density at radius 3 is 2.48 bits per heavy atom. The van der Waals surface area contributed by atoms with Gasteiger partial charge in [0, 0.05) is 23.9 Å². The Morgan fingerprint density at radius 2 is 1.94 bits per heavy atom. The number of rotatable bonds is 9. The van der Waals surface area contributed by atoms with Gasteiger partial charge in [0.05, 0.1) is 16.1 Å². The van der Waals surface area contributed by atoms with E-state index in [1.54, 1.807) is 49.4 Å². The van der Waals surface area contributed by atoms with Crippen LogP contribution in [-0.2, 0) is 15.5 Å². The molecule has 33 heavy (non-hydrogen) atoms. The monoisotopic (exact) mass is 513 g/mol. The van der Waals surface area contributed by atoms with E-state index in [0.717, 1.165) is 0 Å². The van der Waals surface area contributed by atoms with E-state index < -0.39 is 32.5 Å². The molecule has 1 aliphatic rings. The van der Waals surface area contributed by atoms with Crippen LogP contribution < -0.4 is 10.1 Å². The van der Waals surface area contributed by atoms with Gasteiger partial charge in [0.15, 0.2) is 5.78 Å². The maximum atomic E-state index is 13.5. The molecule has 0 amide bonds. The van der Waals surface area contributed by atoms with Gasteiger partial charge >= 0.3 is 0 Å². The van der Waals surface area contributed by atoms with Crippen LogP contribution in [0.5, 0.6) is 5.75 Å². The molecule has 0 bridgehead atoms. The molecular formula is C24H29Cl2NO5S. The van der Waals surface area contributed by atoms with Gasteiger partial charge in [-0.2, -0.15) is 8.42 Å². The van der Waals surface area contributed by atoms with Gasteiger partial charge in [-0.15, -0.1) is 0 Å². The van der Waals surface area contributed by atoms with Gasteiger partial charge in [0.25, 0.3) is 10.1 Å². The molecule has 1 fully saturated rings. The fourth-order valence-electron chi connectivity index (χ4n) is 4.91. The van der Waals surface area contributed by atoms with Crippen molar-refractivity contribution in [3.63, 3.8) is 0 Å². The lowest BCUT2D eigenvalue weighted by Gasteiger charge is -2.46. The minimum atomic E-state index is -4.69. The molecule has 3 rings (SSSR count). The SMILES string of the molecule is CCC(CC(=O)c1cccc(OC(C)C)c1)(C1(c2ccc(Cl)c(Cl)c2)CCNC1)S(=O)(=O)O. The number of hydrogen-bond acceptors (Lipinski definition) is 5. The lowest BCUT2D eigenvalue weighted by atomic mass is 9.65. The number of carbonyl (C=O) groups excluding carboxylic acids is 1. The van der Waals surface area contributed by atoms with Crippen LogP contribution in [0.3, 0.4) is 0 Å². The third-order valence-electron chi connectivity index (χ3n) is 6.54. The fourth-order valence-corrected chi connectivity index (χ4v) is 6.68. The van der Waals surface area contributed by atoms with Gasteiger partial charge in [-0.1, -0.05) is 48.3 Å². The first-order chi connectivity index (χ1) is 15.5. The van der Waals surface area contributed by atoms with Crippen molar-refractivity contribution in [3.8, 4) is 5.75 Å². The van der Waals surface area contributed by atoms with Crippen molar-refractivity contribution in [2.45, 2.75) is 56.3 Å². The van der Waals surface area contributed by atoms with E-state index in [-0.39, 0.29) is 24.1 Å². The van der Waals surface area contributed by atoms with Crippen molar-refractivity contribution in [1.82, 2.24) is 5.32 Å². The van der Waals surface area contributed by atoms with Gasteiger partial charge < -0.3 is 10.1 Å². The minimum absolute atomic E-state index is 0.0294. The molecule has 1 aliphatic heterocycles. The average molecular weight is 514 g/mol. The average Bonchev–Trinajstić information content (AvgIpc) is 3.24. The highest BCUT2D eigenvalue weighted by Crippen LogP contribution is 2.50. The summed E-state index contributed by atoms with van der Waals surface area (Å²) >= 11 is 12.4. The van der Waals surface area contributed by atoms with E-state index in [2.05, 4.69) is 5.32 Å². The molecule has 180 valence electrons. The zero-order valence-corrected chi connectivity index (χ0v) is 21.2. The number of halogens is 2. The number of Topliss-reactive ketones (excluding diaryl/α,β-unsaturated/α-hetero) is 1. The molecule has 0 spiro atoms. The van der Waals surface area contributed by atoms with Crippen LogP contribution in [0.4, 0.5) is 0 Å². The number of hydrogen-bond donors (Lipinski definition) is 2. The lowest BCUT2D eigenvalue weighted by molar-refractivity contribution is 0.0938. The second kappa shape index (κ2) is 9.92. The van der Waals surface area contributed by atoms with Crippen molar-refractivity contribution >= 4 is 39.1 Å². The Bertz CT molecular complexity index is 1130. The van der Waals surface area contributed by atoms with Crippen LogP contribution in [0, 0.1) is 0 Å². The number of carbonyl (C=O) groups is 1. The second-order valence-electron chi connectivity index (χ2n) is 8.76. The Kier molecular flexibility index (Phi) is 7.81. The predicted molar refractivity (Wildman–Crippen MR) is 131 cm³/mol. The van der Waals surface area contributed by atoms with Crippen molar-refractivity contribution in [1.29, 1.82) is 0 Å². The van der Waals surface area contributed by atoms with Gasteiger partial charge in [-0.05, 0) is 63.1 Å². The van der Waals surface area contributed by atoms with E-state index in [0.29, 0.717) is 34.9 Å². The largest absolute Gasteiger partial charge is 0.491 e.